The molecular weight excluding hydrogens is 376 g/mol. The topological polar surface area (TPSA) is 75.7 Å². The zero-order chi connectivity index (χ0) is 18.7. The van der Waals surface area contributed by atoms with Crippen LogP contribution in [-0.2, 0) is 14.8 Å². The van der Waals surface area contributed by atoms with E-state index >= 15 is 0 Å². The number of nitrogens with one attached hydrogen (secondary N) is 1. The molecule has 1 amide bonds. The van der Waals surface area contributed by atoms with E-state index in [9.17, 15) is 13.2 Å². The highest BCUT2D eigenvalue weighted by Gasteiger charge is 2.29. The van der Waals surface area contributed by atoms with Crippen molar-refractivity contribution in [2.45, 2.75) is 17.9 Å². The van der Waals surface area contributed by atoms with E-state index in [1.165, 1.54) is 16.4 Å². The van der Waals surface area contributed by atoms with Crippen LogP contribution in [-0.4, -0.2) is 44.4 Å². The molecule has 1 aliphatic heterocycles. The van der Waals surface area contributed by atoms with Gasteiger partial charge in [-0.3, -0.25) is 4.79 Å². The van der Waals surface area contributed by atoms with Gasteiger partial charge in [0.05, 0.1) is 17.6 Å². The van der Waals surface area contributed by atoms with Gasteiger partial charge < -0.3 is 10.1 Å². The van der Waals surface area contributed by atoms with Crippen molar-refractivity contribution in [1.82, 2.24) is 4.31 Å². The van der Waals surface area contributed by atoms with Gasteiger partial charge in [-0.25, -0.2) is 8.42 Å². The molecule has 8 heteroatoms. The molecule has 1 aliphatic rings. The van der Waals surface area contributed by atoms with E-state index in [1.54, 1.807) is 36.4 Å². The normalized spacial score (nSPS) is 18.5. The summed E-state index contributed by atoms with van der Waals surface area (Å²) in [5, 5.41) is 3.20. The summed E-state index contributed by atoms with van der Waals surface area (Å²) in [5.74, 6) is -0.315. The highest BCUT2D eigenvalue weighted by molar-refractivity contribution is 7.89. The van der Waals surface area contributed by atoms with Crippen LogP contribution in [0.25, 0.3) is 0 Å². The van der Waals surface area contributed by atoms with E-state index in [2.05, 4.69) is 5.32 Å². The predicted octanol–water partition coefficient (Wildman–Crippen LogP) is 3.00. The number of hydrogen-bond donors (Lipinski definition) is 1. The summed E-state index contributed by atoms with van der Waals surface area (Å²) in [7, 11) is -3.57. The molecule has 2 aromatic carbocycles. The van der Waals surface area contributed by atoms with Crippen molar-refractivity contribution in [1.29, 1.82) is 0 Å². The minimum absolute atomic E-state index is 0.130. The van der Waals surface area contributed by atoms with Crippen LogP contribution < -0.4 is 5.32 Å². The number of carbonyl (C=O) groups excluding carboxylic acids is 1. The average molecular weight is 395 g/mol. The SMILES string of the molecule is CC1CN(S(=O)(=O)c2ccc(NC(=O)c3cccc(Cl)c3)cc2)CCO1. The summed E-state index contributed by atoms with van der Waals surface area (Å²) in [6, 6.07) is 12.7. The molecule has 1 unspecified atom stereocenters. The van der Waals surface area contributed by atoms with Gasteiger partial charge in [-0.05, 0) is 49.4 Å². The van der Waals surface area contributed by atoms with E-state index in [0.29, 0.717) is 36.0 Å². The van der Waals surface area contributed by atoms with Crippen LogP contribution in [0, 0.1) is 0 Å². The fourth-order valence-electron chi connectivity index (χ4n) is 2.70. The molecule has 0 bridgehead atoms. The van der Waals surface area contributed by atoms with Crippen molar-refractivity contribution in [2.24, 2.45) is 0 Å². The van der Waals surface area contributed by atoms with Gasteiger partial charge in [0.2, 0.25) is 10.0 Å². The molecule has 1 heterocycles. The molecule has 138 valence electrons. The first-order valence-corrected chi connectivity index (χ1v) is 9.97. The van der Waals surface area contributed by atoms with E-state index in [1.807, 2.05) is 6.92 Å². The lowest BCUT2D eigenvalue weighted by Crippen LogP contribution is -2.44. The third kappa shape index (κ3) is 4.24. The summed E-state index contributed by atoms with van der Waals surface area (Å²) in [5.41, 5.74) is 0.931. The van der Waals surface area contributed by atoms with E-state index in [0.717, 1.165) is 0 Å². The van der Waals surface area contributed by atoms with Gasteiger partial charge in [-0.15, -0.1) is 0 Å². The number of halogens is 1. The molecule has 0 radical (unpaired) electrons. The number of ether oxygens (including phenoxy) is 1. The molecule has 0 aliphatic carbocycles. The van der Waals surface area contributed by atoms with Crippen molar-refractivity contribution >= 4 is 33.2 Å². The van der Waals surface area contributed by atoms with Crippen molar-refractivity contribution in [3.05, 3.63) is 59.1 Å². The number of nitrogens with zero attached hydrogens (tertiary/aromatic N) is 1. The Morgan fingerprint density at radius 2 is 1.96 bits per heavy atom. The molecule has 2 aromatic rings. The second kappa shape index (κ2) is 7.75. The molecule has 0 saturated carbocycles. The van der Waals surface area contributed by atoms with Crippen LogP contribution >= 0.6 is 11.6 Å². The summed E-state index contributed by atoms with van der Waals surface area (Å²) in [6.07, 6.45) is -0.130. The molecular formula is C18H19ClN2O4S. The lowest BCUT2D eigenvalue weighted by Gasteiger charge is -2.30. The Morgan fingerprint density at radius 3 is 2.62 bits per heavy atom. The van der Waals surface area contributed by atoms with Gasteiger partial charge in [0.1, 0.15) is 0 Å². The average Bonchev–Trinajstić information content (AvgIpc) is 2.62. The Balaban J connectivity index is 1.73. The molecule has 3 rings (SSSR count). The van der Waals surface area contributed by atoms with Gasteiger partial charge in [0.25, 0.3) is 5.91 Å². The fraction of sp³-hybridized carbons (Fsp3) is 0.278. The Labute approximate surface area is 157 Å². The van der Waals surface area contributed by atoms with E-state index in [-0.39, 0.29) is 16.9 Å². The zero-order valence-corrected chi connectivity index (χ0v) is 15.8. The number of benzene rings is 2. The first kappa shape index (κ1) is 18.8. The quantitative estimate of drug-likeness (QED) is 0.864. The van der Waals surface area contributed by atoms with Gasteiger partial charge in [-0.1, -0.05) is 17.7 Å². The summed E-state index contributed by atoms with van der Waals surface area (Å²) >= 11 is 5.89. The summed E-state index contributed by atoms with van der Waals surface area (Å²) < 4.78 is 32.2. The van der Waals surface area contributed by atoms with Gasteiger partial charge in [0.15, 0.2) is 0 Å². The van der Waals surface area contributed by atoms with Crippen molar-refractivity contribution < 1.29 is 17.9 Å². The molecule has 0 spiro atoms. The zero-order valence-electron chi connectivity index (χ0n) is 14.2. The second-order valence-corrected chi connectivity index (χ2v) is 8.41. The van der Waals surface area contributed by atoms with Crippen LogP contribution in [0.1, 0.15) is 17.3 Å². The monoisotopic (exact) mass is 394 g/mol. The second-order valence-electron chi connectivity index (χ2n) is 6.03. The van der Waals surface area contributed by atoms with Crippen molar-refractivity contribution in [2.75, 3.05) is 25.0 Å². The first-order chi connectivity index (χ1) is 12.4. The highest BCUT2D eigenvalue weighted by Crippen LogP contribution is 2.21. The van der Waals surface area contributed by atoms with Crippen LogP contribution in [0.2, 0.25) is 5.02 Å². The third-order valence-corrected chi connectivity index (χ3v) is 6.16. The predicted molar refractivity (Wildman–Crippen MR) is 100 cm³/mol. The highest BCUT2D eigenvalue weighted by atomic mass is 35.5. The van der Waals surface area contributed by atoms with Gasteiger partial charge in [0, 0.05) is 29.4 Å². The van der Waals surface area contributed by atoms with E-state index in [4.69, 9.17) is 16.3 Å². The molecule has 26 heavy (non-hydrogen) atoms. The van der Waals surface area contributed by atoms with Gasteiger partial charge in [-0.2, -0.15) is 4.31 Å². The molecule has 1 fully saturated rings. The van der Waals surface area contributed by atoms with Crippen LogP contribution in [0.15, 0.2) is 53.4 Å². The van der Waals surface area contributed by atoms with Crippen molar-refractivity contribution in [3.8, 4) is 0 Å². The Hall–Kier alpha value is -1.93. The number of amides is 1. The number of anilines is 1. The molecule has 1 saturated heterocycles. The fourth-order valence-corrected chi connectivity index (χ4v) is 4.39. The number of sulfonamides is 1. The lowest BCUT2D eigenvalue weighted by molar-refractivity contribution is 0.0102. The maximum atomic E-state index is 12.7. The Morgan fingerprint density at radius 1 is 1.23 bits per heavy atom. The van der Waals surface area contributed by atoms with Crippen molar-refractivity contribution in [3.63, 3.8) is 0 Å². The number of rotatable bonds is 4. The maximum Gasteiger partial charge on any atom is 0.255 e. The lowest BCUT2D eigenvalue weighted by atomic mass is 10.2. The first-order valence-electron chi connectivity index (χ1n) is 8.15. The smallest absolute Gasteiger partial charge is 0.255 e. The summed E-state index contributed by atoms with van der Waals surface area (Å²) in [6.45, 7) is 2.89. The summed E-state index contributed by atoms with van der Waals surface area (Å²) in [4.78, 5) is 12.4. The molecule has 6 nitrogen and oxygen atoms in total. The number of hydrogen-bond acceptors (Lipinski definition) is 4. The Bertz CT molecular complexity index is 900. The third-order valence-electron chi connectivity index (χ3n) is 4.04. The number of carbonyl (C=O) groups is 1. The molecule has 1 atom stereocenters. The minimum atomic E-state index is -3.57. The van der Waals surface area contributed by atoms with Crippen LogP contribution in [0.5, 0.6) is 0 Å². The standard InChI is InChI=1S/C18H19ClN2O4S/c1-13-12-21(9-10-25-13)26(23,24)17-7-5-16(6-8-17)20-18(22)14-3-2-4-15(19)11-14/h2-8,11,13H,9-10,12H2,1H3,(H,20,22). The van der Waals surface area contributed by atoms with E-state index < -0.39 is 10.0 Å². The Kier molecular flexibility index (Phi) is 5.62. The number of morpholine rings is 1. The molecule has 1 N–H and O–H groups in total. The molecule has 0 aromatic heterocycles. The van der Waals surface area contributed by atoms with Crippen LogP contribution in [0.3, 0.4) is 0 Å². The minimum Gasteiger partial charge on any atom is -0.376 e. The van der Waals surface area contributed by atoms with Gasteiger partial charge >= 0.3 is 0 Å². The largest absolute Gasteiger partial charge is 0.376 e. The maximum absolute atomic E-state index is 12.7. The van der Waals surface area contributed by atoms with Crippen LogP contribution in [0.4, 0.5) is 5.69 Å².